The van der Waals surface area contributed by atoms with Gasteiger partial charge < -0.3 is 14.6 Å². The summed E-state index contributed by atoms with van der Waals surface area (Å²) in [5, 5.41) is 7.21. The molecule has 7 heteroatoms. The van der Waals surface area contributed by atoms with Gasteiger partial charge in [-0.2, -0.15) is 4.98 Å². The third-order valence-electron chi connectivity index (χ3n) is 3.64. The Morgan fingerprint density at radius 2 is 2.08 bits per heavy atom. The second kappa shape index (κ2) is 8.01. The highest BCUT2D eigenvalue weighted by Crippen LogP contribution is 2.19. The van der Waals surface area contributed by atoms with Gasteiger partial charge in [0.05, 0.1) is 6.54 Å². The molecule has 0 spiro atoms. The zero-order chi connectivity index (χ0) is 18.5. The lowest BCUT2D eigenvalue weighted by molar-refractivity contribution is -0.127. The van der Waals surface area contributed by atoms with E-state index in [2.05, 4.69) is 15.5 Å². The zero-order valence-electron chi connectivity index (χ0n) is 14.4. The number of nitrogens with one attached hydrogen (secondary N) is 1. The normalized spacial score (nSPS) is 11.8. The number of hydrogen-bond donors (Lipinski definition) is 1. The van der Waals surface area contributed by atoms with Crippen molar-refractivity contribution in [1.82, 2.24) is 15.5 Å². The lowest BCUT2D eigenvalue weighted by Crippen LogP contribution is -2.35. The molecule has 0 fully saturated rings. The van der Waals surface area contributed by atoms with E-state index in [0.717, 1.165) is 11.1 Å². The molecule has 0 aliphatic heterocycles. The van der Waals surface area contributed by atoms with Crippen molar-refractivity contribution in [3.05, 3.63) is 65.0 Å². The molecular weight excluding hydrogens is 354 g/mol. The smallest absolute Gasteiger partial charge is 0.261 e. The van der Waals surface area contributed by atoms with Crippen LogP contribution in [0.3, 0.4) is 0 Å². The summed E-state index contributed by atoms with van der Waals surface area (Å²) in [6, 6.07) is 14.7. The lowest BCUT2D eigenvalue weighted by atomic mass is 10.1. The molecule has 0 aliphatic carbocycles. The number of carbonyl (C=O) groups excluding carboxylic acids is 1. The van der Waals surface area contributed by atoms with Crippen LogP contribution in [0.25, 0.3) is 11.4 Å². The molecule has 0 aliphatic rings. The number of aromatic nitrogens is 2. The van der Waals surface area contributed by atoms with Crippen LogP contribution in [0.15, 0.2) is 53.1 Å². The summed E-state index contributed by atoms with van der Waals surface area (Å²) in [4.78, 5) is 16.5. The van der Waals surface area contributed by atoms with Crippen LogP contribution >= 0.6 is 11.6 Å². The Kier molecular flexibility index (Phi) is 5.53. The Hall–Kier alpha value is -2.86. The van der Waals surface area contributed by atoms with Gasteiger partial charge in [-0.05, 0) is 38.1 Å². The third kappa shape index (κ3) is 4.61. The number of aryl methyl sites for hydroxylation is 1. The number of carbonyl (C=O) groups is 1. The van der Waals surface area contributed by atoms with Crippen molar-refractivity contribution in [2.24, 2.45) is 0 Å². The maximum Gasteiger partial charge on any atom is 0.261 e. The monoisotopic (exact) mass is 371 g/mol. The van der Waals surface area contributed by atoms with E-state index in [9.17, 15) is 4.79 Å². The van der Waals surface area contributed by atoms with Crippen molar-refractivity contribution >= 4 is 17.5 Å². The van der Waals surface area contributed by atoms with Gasteiger partial charge in [-0.15, -0.1) is 0 Å². The maximum atomic E-state index is 12.2. The first-order valence-electron chi connectivity index (χ1n) is 8.11. The fourth-order valence-corrected chi connectivity index (χ4v) is 2.51. The van der Waals surface area contributed by atoms with Crippen LogP contribution in [-0.4, -0.2) is 22.2 Å². The zero-order valence-corrected chi connectivity index (χ0v) is 15.2. The van der Waals surface area contributed by atoms with Gasteiger partial charge in [0.15, 0.2) is 6.10 Å². The predicted octanol–water partition coefficient (Wildman–Crippen LogP) is 3.78. The highest BCUT2D eigenvalue weighted by atomic mass is 35.5. The minimum atomic E-state index is -0.687. The summed E-state index contributed by atoms with van der Waals surface area (Å²) in [5.74, 6) is 1.05. The Morgan fingerprint density at radius 1 is 1.27 bits per heavy atom. The summed E-state index contributed by atoms with van der Waals surface area (Å²) in [6.07, 6.45) is -0.687. The molecule has 0 bridgehead atoms. The molecule has 0 unspecified atom stereocenters. The number of benzene rings is 2. The highest BCUT2D eigenvalue weighted by Gasteiger charge is 2.16. The van der Waals surface area contributed by atoms with Crippen LogP contribution in [0.5, 0.6) is 5.75 Å². The molecular formula is C19H18ClN3O3. The summed E-state index contributed by atoms with van der Waals surface area (Å²) < 4.78 is 10.8. The van der Waals surface area contributed by atoms with Gasteiger partial charge in [0.2, 0.25) is 11.7 Å². The molecule has 0 radical (unpaired) electrons. The number of rotatable bonds is 6. The minimum absolute atomic E-state index is 0.126. The van der Waals surface area contributed by atoms with Crippen molar-refractivity contribution in [3.63, 3.8) is 0 Å². The summed E-state index contributed by atoms with van der Waals surface area (Å²) >= 11 is 5.90. The Bertz CT molecular complexity index is 910. The van der Waals surface area contributed by atoms with Crippen LogP contribution in [0, 0.1) is 6.92 Å². The van der Waals surface area contributed by atoms with E-state index in [4.69, 9.17) is 20.9 Å². The van der Waals surface area contributed by atoms with Gasteiger partial charge in [0, 0.05) is 10.6 Å². The standard InChI is InChI=1S/C19H18ClN3O3/c1-12-5-3-6-14(9-12)18-22-17(26-23-18)11-21-19(24)13(2)25-16-8-4-7-15(20)10-16/h3-10,13H,11H2,1-2H3,(H,21,24)/t13-/m0/s1. The number of hydrogen-bond acceptors (Lipinski definition) is 5. The van der Waals surface area contributed by atoms with Gasteiger partial charge in [0.1, 0.15) is 5.75 Å². The molecule has 0 saturated carbocycles. The van der Waals surface area contributed by atoms with E-state index in [1.54, 1.807) is 31.2 Å². The first-order chi connectivity index (χ1) is 12.5. The molecule has 1 amide bonds. The molecule has 1 atom stereocenters. The molecule has 6 nitrogen and oxygen atoms in total. The summed E-state index contributed by atoms with van der Waals surface area (Å²) in [6.45, 7) is 3.77. The van der Waals surface area contributed by atoms with Crippen LogP contribution in [0.2, 0.25) is 5.02 Å². The number of ether oxygens (including phenoxy) is 1. The second-order valence-corrected chi connectivity index (χ2v) is 6.25. The SMILES string of the molecule is Cc1cccc(-c2noc(CNC(=O)[C@H](C)Oc3cccc(Cl)c3)n2)c1. The van der Waals surface area contributed by atoms with Crippen molar-refractivity contribution in [2.45, 2.75) is 26.5 Å². The third-order valence-corrected chi connectivity index (χ3v) is 3.87. The van der Waals surface area contributed by atoms with Gasteiger partial charge in [-0.25, -0.2) is 0 Å². The van der Waals surface area contributed by atoms with Crippen LogP contribution in [-0.2, 0) is 11.3 Å². The number of amides is 1. The predicted molar refractivity (Wildman–Crippen MR) is 97.9 cm³/mol. The first-order valence-corrected chi connectivity index (χ1v) is 8.48. The van der Waals surface area contributed by atoms with E-state index in [1.165, 1.54) is 0 Å². The topological polar surface area (TPSA) is 77.2 Å². The van der Waals surface area contributed by atoms with Crippen molar-refractivity contribution in [3.8, 4) is 17.1 Å². The Labute approximate surface area is 156 Å². The van der Waals surface area contributed by atoms with Gasteiger partial charge in [0.25, 0.3) is 5.91 Å². The maximum absolute atomic E-state index is 12.2. The van der Waals surface area contributed by atoms with Gasteiger partial charge >= 0.3 is 0 Å². The van der Waals surface area contributed by atoms with Crippen LogP contribution in [0.1, 0.15) is 18.4 Å². The second-order valence-electron chi connectivity index (χ2n) is 5.82. The number of halogens is 1. The van der Waals surface area contributed by atoms with Crippen molar-refractivity contribution in [1.29, 1.82) is 0 Å². The molecule has 3 rings (SSSR count). The average Bonchev–Trinajstić information content (AvgIpc) is 3.08. The quantitative estimate of drug-likeness (QED) is 0.713. The largest absolute Gasteiger partial charge is 0.481 e. The van der Waals surface area contributed by atoms with E-state index in [1.807, 2.05) is 31.2 Å². The number of nitrogens with zero attached hydrogens (tertiary/aromatic N) is 2. The van der Waals surface area contributed by atoms with Gasteiger partial charge in [-0.3, -0.25) is 4.79 Å². The molecule has 3 aromatic rings. The molecule has 134 valence electrons. The van der Waals surface area contributed by atoms with Crippen molar-refractivity contribution in [2.75, 3.05) is 0 Å². The Balaban J connectivity index is 1.56. The van der Waals surface area contributed by atoms with Gasteiger partial charge in [-0.1, -0.05) is 46.6 Å². The molecule has 26 heavy (non-hydrogen) atoms. The fourth-order valence-electron chi connectivity index (χ4n) is 2.33. The van der Waals surface area contributed by atoms with E-state index in [-0.39, 0.29) is 12.5 Å². The van der Waals surface area contributed by atoms with Crippen molar-refractivity contribution < 1.29 is 14.1 Å². The summed E-state index contributed by atoms with van der Waals surface area (Å²) in [7, 11) is 0. The van der Waals surface area contributed by atoms with E-state index < -0.39 is 6.10 Å². The summed E-state index contributed by atoms with van der Waals surface area (Å²) in [5.41, 5.74) is 1.97. The van der Waals surface area contributed by atoms with Crippen LogP contribution < -0.4 is 10.1 Å². The molecule has 0 saturated heterocycles. The lowest BCUT2D eigenvalue weighted by Gasteiger charge is -2.14. The van der Waals surface area contributed by atoms with E-state index in [0.29, 0.717) is 22.5 Å². The Morgan fingerprint density at radius 3 is 2.85 bits per heavy atom. The average molecular weight is 372 g/mol. The minimum Gasteiger partial charge on any atom is -0.481 e. The fraction of sp³-hybridized carbons (Fsp3) is 0.211. The molecule has 1 N–H and O–H groups in total. The van der Waals surface area contributed by atoms with E-state index >= 15 is 0 Å². The first kappa shape index (κ1) is 17.9. The van der Waals surface area contributed by atoms with Crippen LogP contribution in [0.4, 0.5) is 0 Å². The molecule has 1 heterocycles. The molecule has 1 aromatic heterocycles. The molecule has 2 aromatic carbocycles. The highest BCUT2D eigenvalue weighted by molar-refractivity contribution is 6.30.